The number of carbonyl (C=O) groups is 2. The molecule has 2 aromatic carbocycles. The number of hydrogen-bond donors (Lipinski definition) is 1. The van der Waals surface area contributed by atoms with Crippen molar-refractivity contribution in [1.82, 2.24) is 9.58 Å². The van der Waals surface area contributed by atoms with Gasteiger partial charge in [0.05, 0.1) is 38.7 Å². The number of morpholine rings is 1. The highest BCUT2D eigenvalue weighted by molar-refractivity contribution is 7.98. The lowest BCUT2D eigenvalue weighted by atomic mass is 9.93. The Labute approximate surface area is 244 Å². The van der Waals surface area contributed by atoms with Crippen molar-refractivity contribution in [2.24, 2.45) is 0 Å². The largest absolute Gasteiger partial charge is 0.510 e. The summed E-state index contributed by atoms with van der Waals surface area (Å²) < 4.78 is 42.5. The molecule has 220 valence electrons. The fourth-order valence-electron chi connectivity index (χ4n) is 5.58. The number of pyridine rings is 1. The molecule has 1 amide bonds. The number of ether oxygens (including phenoxy) is 5. The van der Waals surface area contributed by atoms with Crippen LogP contribution in [0, 0.1) is 5.82 Å². The third-order valence-electron chi connectivity index (χ3n) is 7.41. The highest BCUT2D eigenvalue weighted by Gasteiger charge is 2.43. The number of benzene rings is 2. The second-order valence-corrected chi connectivity index (χ2v) is 11.0. The Balaban J connectivity index is 1.53. The Morgan fingerprint density at radius 3 is 2.79 bits per heavy atom. The van der Waals surface area contributed by atoms with Gasteiger partial charge in [-0.3, -0.25) is 9.59 Å². The van der Waals surface area contributed by atoms with E-state index >= 15 is 4.39 Å². The minimum Gasteiger partial charge on any atom is -0.451 e. The Bertz CT molecular complexity index is 1610. The summed E-state index contributed by atoms with van der Waals surface area (Å²) in [6.45, 7) is -0.0649. The molecule has 0 spiro atoms. The monoisotopic (exact) mass is 597 g/mol. The van der Waals surface area contributed by atoms with Gasteiger partial charge in [-0.15, -0.1) is 11.8 Å². The van der Waals surface area contributed by atoms with Crippen molar-refractivity contribution in [1.29, 1.82) is 0 Å². The number of halogens is 1. The Kier molecular flexibility index (Phi) is 7.80. The standard InChI is InChI=1S/C29H28FN3O8S/c1-37-11-19-12-39-13-25-31-33-22(10-23(34)27(26(33)28(35)32(19)25)40-15-41-29(36)38-2)21-9-18(30)7-17-14-42-24-6-4-3-5-16(24)8-20(17)21/h3-7,9-10,19,25,31H,8,11-15H2,1-2H3/t19?,25-/m0/s1. The molecule has 3 aliphatic heterocycles. The second kappa shape index (κ2) is 11.7. The maximum absolute atomic E-state index is 15.2. The lowest BCUT2D eigenvalue weighted by molar-refractivity contribution is -0.0559. The topological polar surface area (TPSA) is 118 Å². The fraction of sp³-hybridized carbons (Fsp3) is 0.345. The molecule has 0 aliphatic carbocycles. The van der Waals surface area contributed by atoms with Crippen LogP contribution in [0.4, 0.5) is 9.18 Å². The van der Waals surface area contributed by atoms with Crippen LogP contribution in [0.3, 0.4) is 0 Å². The van der Waals surface area contributed by atoms with E-state index in [4.69, 9.17) is 18.9 Å². The van der Waals surface area contributed by atoms with Gasteiger partial charge in [0.2, 0.25) is 18.0 Å². The van der Waals surface area contributed by atoms with Crippen LogP contribution < -0.4 is 15.6 Å². The number of thioether (sulfide) groups is 1. The average molecular weight is 598 g/mol. The molecule has 3 aromatic rings. The minimum atomic E-state index is -1.01. The Morgan fingerprint density at radius 2 is 1.98 bits per heavy atom. The first-order valence-corrected chi connectivity index (χ1v) is 14.2. The van der Waals surface area contributed by atoms with Crippen LogP contribution in [0.25, 0.3) is 11.3 Å². The van der Waals surface area contributed by atoms with Crippen molar-refractivity contribution in [2.45, 2.75) is 29.3 Å². The molecule has 1 N–H and O–H groups in total. The molecule has 4 heterocycles. The van der Waals surface area contributed by atoms with E-state index in [1.54, 1.807) is 16.7 Å². The molecule has 11 nitrogen and oxygen atoms in total. The number of amides is 1. The van der Waals surface area contributed by atoms with Crippen molar-refractivity contribution in [2.75, 3.05) is 46.3 Å². The second-order valence-electron chi connectivity index (χ2n) is 9.94. The molecule has 1 fully saturated rings. The molecule has 0 saturated carbocycles. The summed E-state index contributed by atoms with van der Waals surface area (Å²) in [7, 11) is 2.65. The van der Waals surface area contributed by atoms with Gasteiger partial charge in [-0.05, 0) is 41.3 Å². The zero-order chi connectivity index (χ0) is 29.4. The van der Waals surface area contributed by atoms with E-state index in [1.807, 2.05) is 24.3 Å². The van der Waals surface area contributed by atoms with Crippen LogP contribution in [0.15, 0.2) is 52.2 Å². The highest BCUT2D eigenvalue weighted by Crippen LogP contribution is 2.39. The number of carbonyl (C=O) groups excluding carboxylic acids is 2. The van der Waals surface area contributed by atoms with E-state index in [-0.39, 0.29) is 31.3 Å². The zero-order valence-electron chi connectivity index (χ0n) is 22.9. The van der Waals surface area contributed by atoms with Gasteiger partial charge >= 0.3 is 6.16 Å². The van der Waals surface area contributed by atoms with Crippen LogP contribution in [0.2, 0.25) is 0 Å². The van der Waals surface area contributed by atoms with Gasteiger partial charge in [-0.1, -0.05) is 18.2 Å². The summed E-state index contributed by atoms with van der Waals surface area (Å²) in [4.78, 5) is 41.9. The lowest BCUT2D eigenvalue weighted by Crippen LogP contribution is -2.64. The van der Waals surface area contributed by atoms with Gasteiger partial charge in [0.15, 0.2) is 5.69 Å². The van der Waals surface area contributed by atoms with Crippen molar-refractivity contribution in [3.05, 3.63) is 80.9 Å². The molecule has 1 unspecified atom stereocenters. The smallest absolute Gasteiger partial charge is 0.451 e. The van der Waals surface area contributed by atoms with E-state index in [0.717, 1.165) is 28.7 Å². The summed E-state index contributed by atoms with van der Waals surface area (Å²) in [5.41, 5.74) is 6.00. The van der Waals surface area contributed by atoms with Crippen LogP contribution in [0.1, 0.15) is 27.2 Å². The number of hydrogen-bond acceptors (Lipinski definition) is 10. The zero-order valence-corrected chi connectivity index (χ0v) is 23.7. The molecular weight excluding hydrogens is 569 g/mol. The lowest BCUT2D eigenvalue weighted by Gasteiger charge is -2.46. The highest BCUT2D eigenvalue weighted by atomic mass is 32.2. The van der Waals surface area contributed by atoms with Gasteiger partial charge in [0.25, 0.3) is 5.91 Å². The molecule has 13 heteroatoms. The first-order chi connectivity index (χ1) is 20.4. The summed E-state index contributed by atoms with van der Waals surface area (Å²) >= 11 is 1.62. The predicted molar refractivity (Wildman–Crippen MR) is 150 cm³/mol. The van der Waals surface area contributed by atoms with Crippen molar-refractivity contribution in [3.8, 4) is 17.0 Å². The van der Waals surface area contributed by atoms with Crippen LogP contribution >= 0.6 is 11.8 Å². The molecule has 6 rings (SSSR count). The number of aromatic nitrogens is 1. The Morgan fingerprint density at radius 1 is 1.14 bits per heavy atom. The average Bonchev–Trinajstić information content (AvgIpc) is 3.17. The summed E-state index contributed by atoms with van der Waals surface area (Å²) in [5.74, 6) is -0.770. The van der Waals surface area contributed by atoms with Crippen molar-refractivity contribution >= 4 is 23.8 Å². The molecule has 3 aliphatic rings. The van der Waals surface area contributed by atoms with Gasteiger partial charge in [0.1, 0.15) is 12.0 Å². The summed E-state index contributed by atoms with van der Waals surface area (Å²) in [6.07, 6.45) is -1.12. The number of fused-ring (bicyclic) bond motifs is 4. The van der Waals surface area contributed by atoms with E-state index in [2.05, 4.69) is 10.2 Å². The minimum absolute atomic E-state index is 0.119. The molecule has 1 saturated heterocycles. The van der Waals surface area contributed by atoms with Gasteiger partial charge in [-0.25, -0.2) is 13.9 Å². The van der Waals surface area contributed by atoms with E-state index < -0.39 is 42.3 Å². The quantitative estimate of drug-likeness (QED) is 0.335. The van der Waals surface area contributed by atoms with E-state index in [1.165, 1.54) is 30.0 Å². The first-order valence-electron chi connectivity index (χ1n) is 13.2. The van der Waals surface area contributed by atoms with Crippen LogP contribution in [0.5, 0.6) is 5.75 Å². The SMILES string of the molecule is COCC1COC[C@H]2Nn3c(-c4cc(F)cc5c4Cc4ccccc4SC5)cc(=O)c(OCOC(=O)OC)c3C(=O)N12. The molecule has 42 heavy (non-hydrogen) atoms. The molecule has 1 aromatic heterocycles. The van der Waals surface area contributed by atoms with Gasteiger partial charge in [-0.2, -0.15) is 0 Å². The summed E-state index contributed by atoms with van der Waals surface area (Å²) in [6, 6.07) is 11.7. The molecule has 0 bridgehead atoms. The summed E-state index contributed by atoms with van der Waals surface area (Å²) in [5, 5.41) is 0. The number of rotatable bonds is 6. The van der Waals surface area contributed by atoms with E-state index in [0.29, 0.717) is 23.4 Å². The molecule has 2 atom stereocenters. The Hall–Kier alpha value is -4.07. The maximum Gasteiger partial charge on any atom is 0.510 e. The van der Waals surface area contributed by atoms with Gasteiger partial charge < -0.3 is 34.0 Å². The van der Waals surface area contributed by atoms with Gasteiger partial charge in [0, 0.05) is 29.4 Å². The third-order valence-corrected chi connectivity index (χ3v) is 8.58. The molecule has 0 radical (unpaired) electrons. The van der Waals surface area contributed by atoms with Crippen molar-refractivity contribution < 1.29 is 37.7 Å². The first kappa shape index (κ1) is 28.1. The number of methoxy groups -OCH3 is 2. The maximum atomic E-state index is 15.2. The van der Waals surface area contributed by atoms with E-state index in [9.17, 15) is 14.4 Å². The third kappa shape index (κ3) is 5.08. The number of nitrogens with zero attached hydrogens (tertiary/aromatic N) is 2. The molecular formula is C29H28FN3O8S. The number of nitrogens with one attached hydrogen (secondary N) is 1. The predicted octanol–water partition coefficient (Wildman–Crippen LogP) is 3.34. The van der Waals surface area contributed by atoms with Crippen molar-refractivity contribution in [3.63, 3.8) is 0 Å². The van der Waals surface area contributed by atoms with Crippen LogP contribution in [-0.4, -0.2) is 74.7 Å². The fourth-order valence-corrected chi connectivity index (χ4v) is 6.65. The van der Waals surface area contributed by atoms with Crippen LogP contribution in [-0.2, 0) is 31.1 Å². The normalized spacial score (nSPS) is 18.9.